The van der Waals surface area contributed by atoms with Crippen LogP contribution >= 0.6 is 0 Å². The van der Waals surface area contributed by atoms with Crippen molar-refractivity contribution in [2.24, 2.45) is 0 Å². The quantitative estimate of drug-likeness (QED) is 0.765. The van der Waals surface area contributed by atoms with Gasteiger partial charge in [0.1, 0.15) is 5.69 Å². The summed E-state index contributed by atoms with van der Waals surface area (Å²) in [4.78, 5) is 22.9. The summed E-state index contributed by atoms with van der Waals surface area (Å²) >= 11 is 0. The molecule has 0 saturated carbocycles. The van der Waals surface area contributed by atoms with E-state index in [-0.39, 0.29) is 34.1 Å². The predicted molar refractivity (Wildman–Crippen MR) is 83.6 cm³/mol. The fourth-order valence-corrected chi connectivity index (χ4v) is 2.19. The van der Waals surface area contributed by atoms with Gasteiger partial charge in [-0.05, 0) is 12.1 Å². The molecule has 0 saturated heterocycles. The lowest BCUT2D eigenvalue weighted by Gasteiger charge is -2.08. The van der Waals surface area contributed by atoms with Crippen molar-refractivity contribution in [2.75, 3.05) is 13.7 Å². The number of H-pyrrole nitrogens is 1. The number of hydrogen-bond acceptors (Lipinski definition) is 5. The van der Waals surface area contributed by atoms with Gasteiger partial charge in [-0.3, -0.25) is 4.79 Å². The Bertz CT molecular complexity index is 976. The van der Waals surface area contributed by atoms with Crippen molar-refractivity contribution in [3.8, 4) is 23.1 Å². The lowest BCUT2D eigenvalue weighted by atomic mass is 10.2. The van der Waals surface area contributed by atoms with Crippen molar-refractivity contribution in [2.45, 2.75) is 6.43 Å². The summed E-state index contributed by atoms with van der Waals surface area (Å²) < 4.78 is 47.9. The predicted octanol–water partition coefficient (Wildman–Crippen LogP) is 2.78. The molecule has 0 spiro atoms. The Morgan fingerprint density at radius 2 is 2.04 bits per heavy atom. The smallest absolute Gasteiger partial charge is 0.272 e. The SMILES string of the molecule is COc1cc2c(=O)[nH]c(-c3cccc(OCC(F)F)n3)nc2cc1F. The number of benzene rings is 1. The number of nitrogens with zero attached hydrogens (tertiary/aromatic N) is 2. The summed E-state index contributed by atoms with van der Waals surface area (Å²) in [5.41, 5.74) is -0.209. The number of methoxy groups -OCH3 is 1. The van der Waals surface area contributed by atoms with Crippen molar-refractivity contribution in [3.05, 3.63) is 46.5 Å². The van der Waals surface area contributed by atoms with Crippen LogP contribution in [-0.2, 0) is 0 Å². The molecular weight excluding hydrogens is 339 g/mol. The number of pyridine rings is 1. The van der Waals surface area contributed by atoms with Crippen LogP contribution in [0.3, 0.4) is 0 Å². The molecule has 0 aliphatic carbocycles. The molecule has 0 aliphatic rings. The third-order valence-electron chi connectivity index (χ3n) is 3.30. The van der Waals surface area contributed by atoms with Crippen molar-refractivity contribution in [1.29, 1.82) is 0 Å². The van der Waals surface area contributed by atoms with Crippen LogP contribution in [0.4, 0.5) is 13.2 Å². The Hall–Kier alpha value is -3.10. The molecular formula is C16H12F3N3O3. The number of aromatic nitrogens is 3. The average Bonchev–Trinajstić information content (AvgIpc) is 2.59. The van der Waals surface area contributed by atoms with Crippen LogP contribution in [0, 0.1) is 5.82 Å². The average molecular weight is 351 g/mol. The van der Waals surface area contributed by atoms with Crippen LogP contribution in [0.25, 0.3) is 22.4 Å². The van der Waals surface area contributed by atoms with Crippen LogP contribution in [0.5, 0.6) is 11.6 Å². The van der Waals surface area contributed by atoms with Gasteiger partial charge in [-0.15, -0.1) is 0 Å². The van der Waals surface area contributed by atoms with Crippen LogP contribution in [0.2, 0.25) is 0 Å². The summed E-state index contributed by atoms with van der Waals surface area (Å²) in [6.07, 6.45) is -2.64. The van der Waals surface area contributed by atoms with Gasteiger partial charge >= 0.3 is 0 Å². The third-order valence-corrected chi connectivity index (χ3v) is 3.30. The molecule has 130 valence electrons. The van der Waals surface area contributed by atoms with E-state index in [2.05, 4.69) is 15.0 Å². The molecule has 3 rings (SSSR count). The molecule has 2 aromatic heterocycles. The van der Waals surface area contributed by atoms with Gasteiger partial charge in [0.25, 0.3) is 12.0 Å². The first-order valence-corrected chi connectivity index (χ1v) is 7.14. The Morgan fingerprint density at radius 3 is 2.76 bits per heavy atom. The lowest BCUT2D eigenvalue weighted by Crippen LogP contribution is -2.11. The van der Waals surface area contributed by atoms with Gasteiger partial charge in [-0.2, -0.15) is 0 Å². The van der Waals surface area contributed by atoms with E-state index < -0.39 is 24.4 Å². The Morgan fingerprint density at radius 1 is 1.24 bits per heavy atom. The largest absolute Gasteiger partial charge is 0.494 e. The van der Waals surface area contributed by atoms with Crippen LogP contribution in [0.1, 0.15) is 0 Å². The van der Waals surface area contributed by atoms with Crippen molar-refractivity contribution in [3.63, 3.8) is 0 Å². The third kappa shape index (κ3) is 3.54. The molecule has 0 fully saturated rings. The molecule has 0 amide bonds. The molecule has 9 heteroatoms. The fraction of sp³-hybridized carbons (Fsp3) is 0.188. The number of alkyl halides is 2. The van der Waals surface area contributed by atoms with E-state index in [4.69, 9.17) is 9.47 Å². The zero-order valence-corrected chi connectivity index (χ0v) is 12.9. The molecule has 2 heterocycles. The Balaban J connectivity index is 2.04. The normalized spacial score (nSPS) is 11.1. The number of aromatic amines is 1. The van der Waals surface area contributed by atoms with E-state index in [1.807, 2.05) is 0 Å². The fourth-order valence-electron chi connectivity index (χ4n) is 2.19. The maximum Gasteiger partial charge on any atom is 0.272 e. The van der Waals surface area contributed by atoms with Gasteiger partial charge in [0.05, 0.1) is 18.0 Å². The maximum absolute atomic E-state index is 13.8. The topological polar surface area (TPSA) is 77.1 Å². The minimum atomic E-state index is -2.64. The monoisotopic (exact) mass is 351 g/mol. The number of nitrogens with one attached hydrogen (secondary N) is 1. The van der Waals surface area contributed by atoms with Crippen LogP contribution in [-0.4, -0.2) is 35.1 Å². The van der Waals surface area contributed by atoms with Crippen molar-refractivity contribution < 1.29 is 22.6 Å². The van der Waals surface area contributed by atoms with Crippen LogP contribution < -0.4 is 15.0 Å². The van der Waals surface area contributed by atoms with E-state index >= 15 is 0 Å². The van der Waals surface area contributed by atoms with Crippen molar-refractivity contribution in [1.82, 2.24) is 15.0 Å². The summed E-state index contributed by atoms with van der Waals surface area (Å²) in [5, 5.41) is 0.145. The highest BCUT2D eigenvalue weighted by Gasteiger charge is 2.13. The molecule has 25 heavy (non-hydrogen) atoms. The molecule has 3 aromatic rings. The Labute approximate surface area is 139 Å². The lowest BCUT2D eigenvalue weighted by molar-refractivity contribution is 0.0796. The maximum atomic E-state index is 13.8. The molecule has 0 unspecified atom stereocenters. The summed E-state index contributed by atoms with van der Waals surface area (Å²) in [6, 6.07) is 6.75. The molecule has 0 radical (unpaired) electrons. The number of fused-ring (bicyclic) bond motifs is 1. The second-order valence-corrected chi connectivity index (χ2v) is 4.98. The van der Waals surface area contributed by atoms with E-state index in [1.165, 1.54) is 31.4 Å². The van der Waals surface area contributed by atoms with Crippen LogP contribution in [0.15, 0.2) is 35.1 Å². The van der Waals surface area contributed by atoms with E-state index in [1.54, 1.807) is 0 Å². The first-order chi connectivity index (χ1) is 12.0. The van der Waals surface area contributed by atoms with Crippen molar-refractivity contribution >= 4 is 10.9 Å². The number of halogens is 3. The number of rotatable bonds is 5. The van der Waals surface area contributed by atoms with E-state index in [0.29, 0.717) is 0 Å². The first kappa shape index (κ1) is 16.7. The van der Waals surface area contributed by atoms with Gasteiger partial charge in [-0.25, -0.2) is 23.1 Å². The molecule has 1 N–H and O–H groups in total. The summed E-state index contributed by atoms with van der Waals surface area (Å²) in [6.45, 7) is -0.802. The standard InChI is InChI=1S/C16H12F3N3O3/c1-24-12-5-8-11(6-9(12)17)21-15(22-16(8)23)10-3-2-4-14(20-10)25-7-13(18)19/h2-6,13H,7H2,1H3,(H,21,22,23). The zero-order chi connectivity index (χ0) is 18.0. The van der Waals surface area contributed by atoms with Gasteiger partial charge in [0.2, 0.25) is 5.88 Å². The highest BCUT2D eigenvalue weighted by Crippen LogP contribution is 2.23. The number of hydrogen-bond donors (Lipinski definition) is 1. The van der Waals surface area contributed by atoms with Gasteiger partial charge in [0, 0.05) is 12.1 Å². The minimum absolute atomic E-state index is 0.0403. The van der Waals surface area contributed by atoms with E-state index in [0.717, 1.165) is 6.07 Å². The second-order valence-electron chi connectivity index (χ2n) is 4.98. The molecule has 6 nitrogen and oxygen atoms in total. The molecule has 1 aromatic carbocycles. The zero-order valence-electron chi connectivity index (χ0n) is 12.9. The molecule has 0 bridgehead atoms. The second kappa shape index (κ2) is 6.80. The first-order valence-electron chi connectivity index (χ1n) is 7.14. The van der Waals surface area contributed by atoms with E-state index in [9.17, 15) is 18.0 Å². The molecule has 0 atom stereocenters. The molecule has 0 aliphatic heterocycles. The summed E-state index contributed by atoms with van der Waals surface area (Å²) in [7, 11) is 1.29. The number of ether oxygens (including phenoxy) is 2. The van der Waals surface area contributed by atoms with Gasteiger partial charge in [0.15, 0.2) is 24.0 Å². The highest BCUT2D eigenvalue weighted by atomic mass is 19.3. The summed E-state index contributed by atoms with van der Waals surface area (Å²) in [5.74, 6) is -0.722. The Kier molecular flexibility index (Phi) is 4.55. The van der Waals surface area contributed by atoms with Gasteiger partial charge < -0.3 is 14.5 Å². The minimum Gasteiger partial charge on any atom is -0.494 e. The van der Waals surface area contributed by atoms with Gasteiger partial charge in [-0.1, -0.05) is 6.07 Å². The highest BCUT2D eigenvalue weighted by molar-refractivity contribution is 5.80.